The number of anilines is 1. The van der Waals surface area contributed by atoms with Crippen molar-refractivity contribution >= 4 is 57.3 Å². The van der Waals surface area contributed by atoms with Gasteiger partial charge in [0, 0.05) is 22.8 Å². The summed E-state index contributed by atoms with van der Waals surface area (Å²) < 4.78 is 18.1. The molecule has 1 amide bonds. The number of aliphatic hydroxyl groups is 1. The monoisotopic (exact) mass is 675 g/mol. The highest BCUT2D eigenvalue weighted by atomic mass is 35.5. The van der Waals surface area contributed by atoms with E-state index in [1.165, 1.54) is 28.0 Å². The first-order valence-electron chi connectivity index (χ1n) is 14.6. The second-order valence-corrected chi connectivity index (χ2v) is 13.2. The van der Waals surface area contributed by atoms with E-state index in [4.69, 9.17) is 25.8 Å². The minimum Gasteiger partial charge on any atom is -0.507 e. The van der Waals surface area contributed by atoms with Crippen molar-refractivity contribution in [1.29, 1.82) is 0 Å². The topological polar surface area (TPSA) is 111 Å². The second-order valence-electron chi connectivity index (χ2n) is 10.6. The van der Waals surface area contributed by atoms with Gasteiger partial charge in [0.2, 0.25) is 5.13 Å². The van der Waals surface area contributed by atoms with E-state index in [2.05, 4.69) is 16.8 Å². The Morgan fingerprint density at radius 3 is 2.76 bits per heavy atom. The van der Waals surface area contributed by atoms with E-state index in [9.17, 15) is 14.7 Å². The Labute approximate surface area is 279 Å². The van der Waals surface area contributed by atoms with Crippen LogP contribution in [0.3, 0.4) is 0 Å². The lowest BCUT2D eigenvalue weighted by Crippen LogP contribution is -2.29. The van der Waals surface area contributed by atoms with Gasteiger partial charge >= 0.3 is 5.91 Å². The molecule has 0 unspecified atom stereocenters. The van der Waals surface area contributed by atoms with Crippen LogP contribution in [0, 0.1) is 0 Å². The Hall–Kier alpha value is -4.32. The van der Waals surface area contributed by atoms with E-state index in [0.29, 0.717) is 50.8 Å². The van der Waals surface area contributed by atoms with Crippen LogP contribution in [0.25, 0.3) is 5.76 Å². The Bertz CT molecular complexity index is 1860. The standard InChI is InChI=1S/C34H30ClN3O6S2/c1-4-14-43-26-13-10-20(17-27(26)42-5-2)29-28(30(39)21-11-12-25-23(16-21)15-19(3)44-25)31(40)32(41)38(29)33-36-37-34(46-33)45-18-22-8-6-7-9-24(22)35/h4,6-13,16-17,19,29,39H,1,5,14-15,18H2,2-3H3/b30-28+/t19-,29+/m1/s1. The molecule has 12 heteroatoms. The van der Waals surface area contributed by atoms with Crippen molar-refractivity contribution in [2.45, 2.75) is 42.5 Å². The van der Waals surface area contributed by atoms with Gasteiger partial charge in [0.05, 0.1) is 18.2 Å². The average molecular weight is 676 g/mol. The average Bonchev–Trinajstić information content (AvgIpc) is 3.74. The molecule has 9 nitrogen and oxygen atoms in total. The maximum absolute atomic E-state index is 13.8. The lowest BCUT2D eigenvalue weighted by atomic mass is 9.94. The molecule has 0 aliphatic carbocycles. The van der Waals surface area contributed by atoms with Crippen molar-refractivity contribution in [1.82, 2.24) is 10.2 Å². The van der Waals surface area contributed by atoms with Crippen molar-refractivity contribution in [3.63, 3.8) is 0 Å². The number of ether oxygens (including phenoxy) is 3. The van der Waals surface area contributed by atoms with E-state index in [-0.39, 0.29) is 29.2 Å². The molecule has 2 aliphatic rings. The lowest BCUT2D eigenvalue weighted by molar-refractivity contribution is -0.132. The van der Waals surface area contributed by atoms with E-state index >= 15 is 0 Å². The summed E-state index contributed by atoms with van der Waals surface area (Å²) in [5.41, 5.74) is 2.70. The maximum Gasteiger partial charge on any atom is 0.301 e. The summed E-state index contributed by atoms with van der Waals surface area (Å²) in [6, 6.07) is 16.9. The number of fused-ring (bicyclic) bond motifs is 1. The van der Waals surface area contributed by atoms with Gasteiger partial charge in [0.15, 0.2) is 15.8 Å². The molecule has 2 atom stereocenters. The Morgan fingerprint density at radius 2 is 1.98 bits per heavy atom. The summed E-state index contributed by atoms with van der Waals surface area (Å²) in [4.78, 5) is 28.9. The van der Waals surface area contributed by atoms with E-state index < -0.39 is 17.7 Å². The highest BCUT2D eigenvalue weighted by Crippen LogP contribution is 2.46. The molecule has 4 aromatic rings. The van der Waals surface area contributed by atoms with Gasteiger partial charge in [0.25, 0.3) is 5.78 Å². The highest BCUT2D eigenvalue weighted by Gasteiger charge is 2.48. The Kier molecular flexibility index (Phi) is 9.34. The van der Waals surface area contributed by atoms with E-state index in [1.807, 2.05) is 38.1 Å². The van der Waals surface area contributed by atoms with Gasteiger partial charge in [0.1, 0.15) is 24.2 Å². The quantitative estimate of drug-likeness (QED) is 0.0434. The number of nitrogens with zero attached hydrogens (tertiary/aromatic N) is 3. The number of aromatic nitrogens is 2. The summed E-state index contributed by atoms with van der Waals surface area (Å²) in [7, 11) is 0. The van der Waals surface area contributed by atoms with Gasteiger partial charge in [-0.3, -0.25) is 14.5 Å². The number of Topliss-reactive ketones (excluding diaryl/α,β-unsaturated/α-hetero) is 1. The van der Waals surface area contributed by atoms with Crippen molar-refractivity contribution in [2.24, 2.45) is 0 Å². The van der Waals surface area contributed by atoms with Crippen LogP contribution in [0.2, 0.25) is 5.02 Å². The molecule has 236 valence electrons. The van der Waals surface area contributed by atoms with Crippen LogP contribution < -0.4 is 19.1 Å². The highest BCUT2D eigenvalue weighted by molar-refractivity contribution is 8.00. The first-order valence-corrected chi connectivity index (χ1v) is 16.8. The molecule has 0 radical (unpaired) electrons. The number of ketones is 1. The molecular formula is C34H30ClN3O6S2. The number of halogens is 1. The van der Waals surface area contributed by atoms with Gasteiger partial charge in [-0.2, -0.15) is 0 Å². The van der Waals surface area contributed by atoms with Gasteiger partial charge in [-0.15, -0.1) is 10.2 Å². The van der Waals surface area contributed by atoms with Gasteiger partial charge in [-0.1, -0.05) is 71.6 Å². The first kappa shape index (κ1) is 31.7. The third kappa shape index (κ3) is 6.22. The van der Waals surface area contributed by atoms with Gasteiger partial charge in [-0.05, 0) is 66.9 Å². The van der Waals surface area contributed by atoms with Gasteiger partial charge < -0.3 is 19.3 Å². The van der Waals surface area contributed by atoms with Crippen LogP contribution in [-0.4, -0.2) is 46.3 Å². The molecule has 3 heterocycles. The SMILES string of the molecule is C=CCOc1ccc([C@H]2/C(=C(\O)c3ccc4c(c3)C[C@@H](C)O4)C(=O)C(=O)N2c2nnc(SCc3ccccc3Cl)s2)cc1OCC. The number of aliphatic hydroxyl groups excluding tert-OH is 1. The fourth-order valence-electron chi connectivity index (χ4n) is 5.41. The molecule has 3 aromatic carbocycles. The smallest absolute Gasteiger partial charge is 0.301 e. The molecule has 1 aromatic heterocycles. The van der Waals surface area contributed by atoms with Crippen molar-refractivity contribution in [3.8, 4) is 17.2 Å². The predicted molar refractivity (Wildman–Crippen MR) is 179 cm³/mol. The van der Waals surface area contributed by atoms with Gasteiger partial charge in [-0.25, -0.2) is 0 Å². The third-order valence-electron chi connectivity index (χ3n) is 7.46. The largest absolute Gasteiger partial charge is 0.507 e. The molecular weight excluding hydrogens is 646 g/mol. The van der Waals surface area contributed by atoms with Crippen molar-refractivity contribution in [2.75, 3.05) is 18.1 Å². The zero-order valence-electron chi connectivity index (χ0n) is 25.1. The summed E-state index contributed by atoms with van der Waals surface area (Å²) in [6.07, 6.45) is 2.29. The molecule has 1 N–H and O–H groups in total. The summed E-state index contributed by atoms with van der Waals surface area (Å²) in [6.45, 7) is 8.13. The summed E-state index contributed by atoms with van der Waals surface area (Å²) in [5.74, 6) is 0.213. The minimum atomic E-state index is -1.02. The van der Waals surface area contributed by atoms with Crippen LogP contribution >= 0.6 is 34.7 Å². The third-order valence-corrected chi connectivity index (χ3v) is 9.94. The lowest BCUT2D eigenvalue weighted by Gasteiger charge is -2.23. The first-order chi connectivity index (χ1) is 22.3. The molecule has 6 rings (SSSR count). The maximum atomic E-state index is 13.8. The van der Waals surface area contributed by atoms with E-state index in [1.54, 1.807) is 42.5 Å². The van der Waals surface area contributed by atoms with Crippen molar-refractivity contribution in [3.05, 3.63) is 106 Å². The Balaban J connectivity index is 1.43. The molecule has 2 aliphatic heterocycles. The number of hydrogen-bond acceptors (Lipinski definition) is 10. The van der Waals surface area contributed by atoms with E-state index in [0.717, 1.165) is 16.9 Å². The molecule has 0 saturated carbocycles. The van der Waals surface area contributed by atoms with Crippen LogP contribution in [-0.2, 0) is 21.8 Å². The normalized spacial score (nSPS) is 18.4. The molecule has 1 fully saturated rings. The Morgan fingerprint density at radius 1 is 1.15 bits per heavy atom. The number of amides is 1. The number of thioether (sulfide) groups is 1. The number of rotatable bonds is 11. The zero-order chi connectivity index (χ0) is 32.4. The number of benzene rings is 3. The summed E-state index contributed by atoms with van der Waals surface area (Å²) in [5, 5.41) is 21.2. The molecule has 0 spiro atoms. The van der Waals surface area contributed by atoms with Crippen molar-refractivity contribution < 1.29 is 28.9 Å². The van der Waals surface area contributed by atoms with Crippen LogP contribution in [0.1, 0.15) is 42.1 Å². The fraction of sp³-hybridized carbons (Fsp3) is 0.235. The number of carbonyl (C=O) groups is 2. The number of hydrogen-bond donors (Lipinski definition) is 1. The second kappa shape index (κ2) is 13.6. The minimum absolute atomic E-state index is 0.000768. The predicted octanol–water partition coefficient (Wildman–Crippen LogP) is 7.40. The summed E-state index contributed by atoms with van der Waals surface area (Å²) >= 11 is 8.93. The molecule has 1 saturated heterocycles. The molecule has 46 heavy (non-hydrogen) atoms. The zero-order valence-corrected chi connectivity index (χ0v) is 27.5. The van der Waals surface area contributed by atoms with Crippen LogP contribution in [0.15, 0.2) is 83.2 Å². The van der Waals surface area contributed by atoms with Crippen LogP contribution in [0.4, 0.5) is 5.13 Å². The number of carbonyl (C=O) groups excluding carboxylic acids is 2. The fourth-order valence-corrected chi connectivity index (χ4v) is 7.57. The molecule has 0 bridgehead atoms. The van der Waals surface area contributed by atoms with Crippen LogP contribution in [0.5, 0.6) is 17.2 Å².